The van der Waals surface area contributed by atoms with E-state index in [0.29, 0.717) is 11.7 Å². The van der Waals surface area contributed by atoms with Crippen LogP contribution in [0.1, 0.15) is 31.8 Å². The highest BCUT2D eigenvalue weighted by Crippen LogP contribution is 2.22. The third-order valence-electron chi connectivity index (χ3n) is 3.61. The fourth-order valence-electron chi connectivity index (χ4n) is 2.26. The Balaban J connectivity index is 1.85. The van der Waals surface area contributed by atoms with Gasteiger partial charge in [-0.05, 0) is 39.3 Å². The third kappa shape index (κ3) is 5.42. The first-order valence-corrected chi connectivity index (χ1v) is 8.28. The smallest absolute Gasteiger partial charge is 0.191 e. The van der Waals surface area contributed by atoms with E-state index in [1.165, 1.54) is 0 Å². The number of rotatable bonds is 8. The van der Waals surface area contributed by atoms with Gasteiger partial charge in [0.05, 0.1) is 12.9 Å². The van der Waals surface area contributed by atoms with Gasteiger partial charge in [-0.25, -0.2) is 9.98 Å². The molecule has 0 aliphatic carbocycles. The van der Waals surface area contributed by atoms with Gasteiger partial charge in [0.1, 0.15) is 17.1 Å². The Morgan fingerprint density at radius 2 is 2.25 bits per heavy atom. The van der Waals surface area contributed by atoms with Crippen LogP contribution in [-0.4, -0.2) is 40.3 Å². The molecule has 0 fully saturated rings. The van der Waals surface area contributed by atoms with Gasteiger partial charge in [-0.3, -0.25) is 0 Å². The summed E-state index contributed by atoms with van der Waals surface area (Å²) in [6.45, 7) is 8.23. The fraction of sp³-hybridized carbons (Fsp3) is 0.529. The van der Waals surface area contributed by atoms with Crippen LogP contribution in [0.4, 0.5) is 0 Å². The Kier molecular flexibility index (Phi) is 6.43. The predicted octanol–water partition coefficient (Wildman–Crippen LogP) is 1.64. The van der Waals surface area contributed by atoms with Gasteiger partial charge in [0, 0.05) is 32.0 Å². The Morgan fingerprint density at radius 1 is 1.42 bits per heavy atom. The fourth-order valence-corrected chi connectivity index (χ4v) is 2.26. The SMILES string of the molecule is CCNC(=NCC(C)(O)c1ccc(C)o1)NCCCn1ccnc1. The van der Waals surface area contributed by atoms with Crippen LogP contribution in [0, 0.1) is 6.92 Å². The van der Waals surface area contributed by atoms with E-state index in [4.69, 9.17) is 4.42 Å². The normalized spacial score (nSPS) is 14.4. The second-order valence-corrected chi connectivity index (χ2v) is 5.96. The molecule has 0 aliphatic heterocycles. The van der Waals surface area contributed by atoms with Gasteiger partial charge < -0.3 is 24.7 Å². The van der Waals surface area contributed by atoms with Crippen LogP contribution in [-0.2, 0) is 12.1 Å². The van der Waals surface area contributed by atoms with Crippen molar-refractivity contribution in [2.75, 3.05) is 19.6 Å². The number of guanidine groups is 1. The number of furan rings is 1. The summed E-state index contributed by atoms with van der Waals surface area (Å²) < 4.78 is 7.55. The Hall–Kier alpha value is -2.28. The van der Waals surface area contributed by atoms with Crippen molar-refractivity contribution in [3.8, 4) is 0 Å². The van der Waals surface area contributed by atoms with E-state index in [0.717, 1.165) is 31.8 Å². The molecule has 0 spiro atoms. The van der Waals surface area contributed by atoms with Gasteiger partial charge in [0.2, 0.25) is 0 Å². The zero-order valence-corrected chi connectivity index (χ0v) is 14.6. The monoisotopic (exact) mass is 333 g/mol. The number of hydrogen-bond donors (Lipinski definition) is 3. The van der Waals surface area contributed by atoms with E-state index in [-0.39, 0.29) is 6.54 Å². The summed E-state index contributed by atoms with van der Waals surface area (Å²) in [7, 11) is 0. The van der Waals surface area contributed by atoms with Crippen LogP contribution in [0.15, 0.2) is 40.3 Å². The first kappa shape index (κ1) is 18.1. The second-order valence-electron chi connectivity index (χ2n) is 5.96. The zero-order chi connectivity index (χ0) is 17.4. The standard InChI is InChI=1S/C17H27N5O2/c1-4-19-16(20-8-5-10-22-11-9-18-13-22)21-12-17(3,23)15-7-6-14(2)24-15/h6-7,9,11,13,23H,4-5,8,10,12H2,1-3H3,(H2,19,20,21). The average molecular weight is 333 g/mol. The lowest BCUT2D eigenvalue weighted by molar-refractivity contribution is 0.0428. The van der Waals surface area contributed by atoms with Crippen LogP contribution in [0.5, 0.6) is 0 Å². The van der Waals surface area contributed by atoms with Gasteiger partial charge in [0.25, 0.3) is 0 Å². The van der Waals surface area contributed by atoms with E-state index in [1.807, 2.05) is 37.0 Å². The minimum atomic E-state index is -1.13. The van der Waals surface area contributed by atoms with Crippen molar-refractivity contribution in [1.82, 2.24) is 20.2 Å². The summed E-state index contributed by atoms with van der Waals surface area (Å²) in [5, 5.41) is 17.0. The number of aliphatic imine (C=N–C) groups is 1. The van der Waals surface area contributed by atoms with Gasteiger partial charge in [-0.1, -0.05) is 0 Å². The molecule has 0 amide bonds. The summed E-state index contributed by atoms with van der Waals surface area (Å²) in [5.74, 6) is 1.99. The quantitative estimate of drug-likeness (QED) is 0.388. The summed E-state index contributed by atoms with van der Waals surface area (Å²) >= 11 is 0. The number of nitrogens with zero attached hydrogens (tertiary/aromatic N) is 3. The maximum atomic E-state index is 10.5. The van der Waals surface area contributed by atoms with Gasteiger partial charge in [-0.15, -0.1) is 0 Å². The molecule has 1 unspecified atom stereocenters. The summed E-state index contributed by atoms with van der Waals surface area (Å²) in [4.78, 5) is 8.49. The molecule has 0 bridgehead atoms. The first-order chi connectivity index (χ1) is 11.5. The minimum Gasteiger partial charge on any atom is -0.463 e. The highest BCUT2D eigenvalue weighted by atomic mass is 16.4. The zero-order valence-electron chi connectivity index (χ0n) is 14.6. The Bertz CT molecular complexity index is 631. The molecule has 0 radical (unpaired) electrons. The van der Waals surface area contributed by atoms with Crippen LogP contribution in [0.25, 0.3) is 0 Å². The number of aryl methyl sites for hydroxylation is 2. The molecule has 7 heteroatoms. The molecule has 24 heavy (non-hydrogen) atoms. The maximum absolute atomic E-state index is 10.5. The van der Waals surface area contributed by atoms with Crippen molar-refractivity contribution in [1.29, 1.82) is 0 Å². The summed E-state index contributed by atoms with van der Waals surface area (Å²) in [6.07, 6.45) is 6.48. The molecule has 3 N–H and O–H groups in total. The van der Waals surface area contributed by atoms with Gasteiger partial charge in [-0.2, -0.15) is 0 Å². The molecular weight excluding hydrogens is 306 g/mol. The van der Waals surface area contributed by atoms with Crippen LogP contribution >= 0.6 is 0 Å². The van der Waals surface area contributed by atoms with E-state index in [1.54, 1.807) is 19.2 Å². The van der Waals surface area contributed by atoms with Crippen molar-refractivity contribution in [2.24, 2.45) is 4.99 Å². The molecule has 132 valence electrons. The second kappa shape index (κ2) is 8.54. The Morgan fingerprint density at radius 3 is 2.88 bits per heavy atom. The molecule has 2 aromatic heterocycles. The molecule has 0 aromatic carbocycles. The molecule has 0 saturated heterocycles. The van der Waals surface area contributed by atoms with Crippen LogP contribution in [0.2, 0.25) is 0 Å². The summed E-state index contributed by atoms with van der Waals surface area (Å²) in [5.41, 5.74) is -1.13. The molecule has 7 nitrogen and oxygen atoms in total. The molecule has 2 heterocycles. The maximum Gasteiger partial charge on any atom is 0.191 e. The molecule has 0 aliphatic rings. The molecule has 2 aromatic rings. The van der Waals surface area contributed by atoms with E-state index < -0.39 is 5.60 Å². The van der Waals surface area contributed by atoms with Crippen LogP contribution < -0.4 is 10.6 Å². The molecule has 1 atom stereocenters. The number of aromatic nitrogens is 2. The number of hydrogen-bond acceptors (Lipinski definition) is 4. The van der Waals surface area contributed by atoms with Crippen LogP contribution in [0.3, 0.4) is 0 Å². The van der Waals surface area contributed by atoms with Crippen molar-refractivity contribution in [3.63, 3.8) is 0 Å². The van der Waals surface area contributed by atoms with E-state index >= 15 is 0 Å². The number of nitrogens with one attached hydrogen (secondary N) is 2. The average Bonchev–Trinajstić information content (AvgIpc) is 3.20. The van der Waals surface area contributed by atoms with Crippen molar-refractivity contribution < 1.29 is 9.52 Å². The molecule has 2 rings (SSSR count). The molecular formula is C17H27N5O2. The Labute approximate surface area is 142 Å². The van der Waals surface area contributed by atoms with E-state index in [9.17, 15) is 5.11 Å². The topological polar surface area (TPSA) is 87.6 Å². The lowest BCUT2D eigenvalue weighted by Gasteiger charge is -2.19. The third-order valence-corrected chi connectivity index (χ3v) is 3.61. The summed E-state index contributed by atoms with van der Waals surface area (Å²) in [6, 6.07) is 3.63. The number of imidazole rings is 1. The van der Waals surface area contributed by atoms with Crippen molar-refractivity contribution in [2.45, 2.75) is 39.3 Å². The lowest BCUT2D eigenvalue weighted by atomic mass is 10.0. The van der Waals surface area contributed by atoms with Gasteiger partial charge in [0.15, 0.2) is 5.96 Å². The van der Waals surface area contributed by atoms with Crippen molar-refractivity contribution >= 4 is 5.96 Å². The lowest BCUT2D eigenvalue weighted by Crippen LogP contribution is -2.39. The predicted molar refractivity (Wildman–Crippen MR) is 93.8 cm³/mol. The molecule has 0 saturated carbocycles. The van der Waals surface area contributed by atoms with Crippen molar-refractivity contribution in [3.05, 3.63) is 42.4 Å². The largest absolute Gasteiger partial charge is 0.463 e. The first-order valence-electron chi connectivity index (χ1n) is 8.28. The van der Waals surface area contributed by atoms with E-state index in [2.05, 4.69) is 20.6 Å². The highest BCUT2D eigenvalue weighted by molar-refractivity contribution is 5.79. The highest BCUT2D eigenvalue weighted by Gasteiger charge is 2.26. The van der Waals surface area contributed by atoms with Gasteiger partial charge >= 0.3 is 0 Å². The number of aliphatic hydroxyl groups is 1. The minimum absolute atomic E-state index is 0.219.